The minimum Gasteiger partial charge on any atom is -0.363 e. The number of thiazole rings is 1. The molecule has 3 aromatic rings. The fraction of sp³-hybridized carbons (Fsp3) is 0.391. The van der Waals surface area contributed by atoms with Gasteiger partial charge in [-0.3, -0.25) is 4.79 Å². The highest BCUT2D eigenvalue weighted by atomic mass is 32.1. The maximum absolute atomic E-state index is 13.0. The Bertz CT molecular complexity index is 1030. The number of hydrogen-bond donors (Lipinski definition) is 1. The summed E-state index contributed by atoms with van der Waals surface area (Å²) in [5.41, 5.74) is 2.51. The number of carbonyl (C=O) groups excluding carboxylic acids is 1. The van der Waals surface area contributed by atoms with Crippen molar-refractivity contribution in [2.24, 2.45) is 0 Å². The molecule has 0 radical (unpaired) electrons. The third kappa shape index (κ3) is 5.26. The van der Waals surface area contributed by atoms with Crippen LogP contribution in [0.2, 0.25) is 0 Å². The number of anilines is 1. The summed E-state index contributed by atoms with van der Waals surface area (Å²) >= 11 is 1.52. The highest BCUT2D eigenvalue weighted by Gasteiger charge is 2.22. The van der Waals surface area contributed by atoms with Crippen molar-refractivity contribution in [2.75, 3.05) is 32.6 Å². The van der Waals surface area contributed by atoms with Gasteiger partial charge in [0.15, 0.2) is 0 Å². The minimum atomic E-state index is -0.0962. The fourth-order valence-corrected chi connectivity index (χ4v) is 4.45. The Hall–Kier alpha value is -2.84. The van der Waals surface area contributed by atoms with Crippen LogP contribution < -0.4 is 10.2 Å². The van der Waals surface area contributed by atoms with Gasteiger partial charge < -0.3 is 15.1 Å². The van der Waals surface area contributed by atoms with E-state index in [9.17, 15) is 4.79 Å². The van der Waals surface area contributed by atoms with E-state index < -0.39 is 0 Å². The highest BCUT2D eigenvalue weighted by molar-refractivity contribution is 7.09. The molecule has 3 heterocycles. The van der Waals surface area contributed by atoms with E-state index in [1.165, 1.54) is 16.9 Å². The average Bonchev–Trinajstić information content (AvgIpc) is 3.46. The second-order valence-electron chi connectivity index (χ2n) is 8.07. The van der Waals surface area contributed by atoms with Crippen LogP contribution in [-0.4, -0.2) is 53.4 Å². The molecule has 0 unspecified atom stereocenters. The second-order valence-corrected chi connectivity index (χ2v) is 9.01. The Morgan fingerprint density at radius 1 is 1.16 bits per heavy atom. The number of hydrogen-bond acceptors (Lipinski definition) is 7. The van der Waals surface area contributed by atoms with Crippen molar-refractivity contribution in [3.05, 3.63) is 69.6 Å². The number of nitrogens with zero attached hydrogens (tertiary/aromatic N) is 5. The summed E-state index contributed by atoms with van der Waals surface area (Å²) in [6.45, 7) is 1.40. The Labute approximate surface area is 187 Å². The van der Waals surface area contributed by atoms with Crippen LogP contribution in [0.5, 0.6) is 0 Å². The van der Waals surface area contributed by atoms with E-state index in [0.29, 0.717) is 12.2 Å². The van der Waals surface area contributed by atoms with Gasteiger partial charge in [-0.05, 0) is 24.9 Å². The zero-order valence-corrected chi connectivity index (χ0v) is 19.0. The Morgan fingerprint density at radius 2 is 1.97 bits per heavy atom. The van der Waals surface area contributed by atoms with E-state index in [1.807, 2.05) is 48.6 Å². The number of nitrogens with one attached hydrogen (secondary N) is 1. The topological polar surface area (TPSA) is 74.2 Å². The molecular formula is C23H28N6OS. The monoisotopic (exact) mass is 436 g/mol. The lowest BCUT2D eigenvalue weighted by Gasteiger charge is -2.20. The van der Waals surface area contributed by atoms with Crippen LogP contribution in [0.25, 0.3) is 0 Å². The van der Waals surface area contributed by atoms with Crippen LogP contribution in [0.1, 0.15) is 51.5 Å². The minimum absolute atomic E-state index is 0.0962. The maximum atomic E-state index is 13.0. The van der Waals surface area contributed by atoms with E-state index in [0.717, 1.165) is 48.2 Å². The third-order valence-corrected chi connectivity index (χ3v) is 6.18. The molecule has 1 fully saturated rings. The van der Waals surface area contributed by atoms with Crippen LogP contribution in [0.3, 0.4) is 0 Å². The molecule has 0 saturated carbocycles. The van der Waals surface area contributed by atoms with E-state index in [1.54, 1.807) is 11.9 Å². The molecule has 0 aliphatic carbocycles. The zero-order chi connectivity index (χ0) is 21.8. The second kappa shape index (κ2) is 9.53. The number of aromatic nitrogens is 3. The highest BCUT2D eigenvalue weighted by Crippen LogP contribution is 2.23. The molecule has 8 heteroatoms. The van der Waals surface area contributed by atoms with Crippen molar-refractivity contribution < 1.29 is 4.79 Å². The summed E-state index contributed by atoms with van der Waals surface area (Å²) in [5, 5.41) is 6.24. The molecule has 1 atom stereocenters. The molecule has 1 aliphatic rings. The summed E-state index contributed by atoms with van der Waals surface area (Å²) in [6, 6.07) is 12.3. The largest absolute Gasteiger partial charge is 0.363 e. The summed E-state index contributed by atoms with van der Waals surface area (Å²) in [7, 11) is 5.73. The Balaban J connectivity index is 1.47. The molecule has 162 valence electrons. The van der Waals surface area contributed by atoms with Gasteiger partial charge in [-0.25, -0.2) is 15.0 Å². The molecular weight excluding hydrogens is 408 g/mol. The SMILES string of the molecule is CN(Cc1cc(N(C)C)nc([C@H]2CCCN2)n1)C(=O)c1csc(Cc2ccccc2)n1. The van der Waals surface area contributed by atoms with Gasteiger partial charge in [-0.15, -0.1) is 11.3 Å². The van der Waals surface area contributed by atoms with Crippen molar-refractivity contribution in [1.29, 1.82) is 0 Å². The van der Waals surface area contributed by atoms with Gasteiger partial charge in [0.25, 0.3) is 5.91 Å². The molecule has 31 heavy (non-hydrogen) atoms. The van der Waals surface area contributed by atoms with Crippen molar-refractivity contribution in [3.63, 3.8) is 0 Å². The molecule has 1 aromatic carbocycles. The third-order valence-electron chi connectivity index (χ3n) is 5.33. The maximum Gasteiger partial charge on any atom is 0.273 e. The van der Waals surface area contributed by atoms with E-state index in [2.05, 4.69) is 22.4 Å². The lowest BCUT2D eigenvalue weighted by atomic mass is 10.2. The molecule has 0 spiro atoms. The van der Waals surface area contributed by atoms with Crippen LogP contribution in [0.15, 0.2) is 41.8 Å². The first kappa shape index (κ1) is 21.4. The molecule has 2 aromatic heterocycles. The smallest absolute Gasteiger partial charge is 0.273 e. The first-order chi connectivity index (χ1) is 15.0. The van der Waals surface area contributed by atoms with Crippen molar-refractivity contribution in [3.8, 4) is 0 Å². The molecule has 1 N–H and O–H groups in total. The standard InChI is InChI=1S/C23H28N6OS/c1-28(2)20-13-17(25-22(27-20)18-10-7-11-24-18)14-29(3)23(30)19-15-31-21(26-19)12-16-8-5-4-6-9-16/h4-6,8-9,13,15,18,24H,7,10-12,14H2,1-3H3/t18-/m1/s1. The molecule has 1 aliphatic heterocycles. The zero-order valence-electron chi connectivity index (χ0n) is 18.2. The summed E-state index contributed by atoms with van der Waals surface area (Å²) in [5.74, 6) is 1.56. The van der Waals surface area contributed by atoms with Crippen molar-refractivity contribution >= 4 is 23.1 Å². The first-order valence-corrected chi connectivity index (χ1v) is 11.4. The fourth-order valence-electron chi connectivity index (χ4n) is 3.65. The summed E-state index contributed by atoms with van der Waals surface area (Å²) in [6.07, 6.45) is 2.90. The van der Waals surface area contributed by atoms with Gasteiger partial charge in [0.2, 0.25) is 0 Å². The molecule has 1 saturated heterocycles. The van der Waals surface area contributed by atoms with Crippen LogP contribution in [0, 0.1) is 0 Å². The van der Waals surface area contributed by atoms with Crippen LogP contribution >= 0.6 is 11.3 Å². The first-order valence-electron chi connectivity index (χ1n) is 10.5. The van der Waals surface area contributed by atoms with Crippen molar-refractivity contribution in [2.45, 2.75) is 31.8 Å². The van der Waals surface area contributed by atoms with Crippen LogP contribution in [-0.2, 0) is 13.0 Å². The number of benzene rings is 1. The molecule has 1 amide bonds. The van der Waals surface area contributed by atoms with Gasteiger partial charge in [0.05, 0.1) is 23.3 Å². The summed E-state index contributed by atoms with van der Waals surface area (Å²) < 4.78 is 0. The quantitative estimate of drug-likeness (QED) is 0.613. The Kier molecular flexibility index (Phi) is 6.58. The van der Waals surface area contributed by atoms with Crippen molar-refractivity contribution in [1.82, 2.24) is 25.2 Å². The van der Waals surface area contributed by atoms with Gasteiger partial charge >= 0.3 is 0 Å². The van der Waals surface area contributed by atoms with Gasteiger partial charge in [-0.2, -0.15) is 0 Å². The van der Waals surface area contributed by atoms with Crippen LogP contribution in [0.4, 0.5) is 5.82 Å². The lowest BCUT2D eigenvalue weighted by Crippen LogP contribution is -2.28. The van der Waals surface area contributed by atoms with E-state index in [4.69, 9.17) is 9.97 Å². The predicted molar refractivity (Wildman–Crippen MR) is 123 cm³/mol. The van der Waals surface area contributed by atoms with Gasteiger partial charge in [-0.1, -0.05) is 30.3 Å². The normalized spacial score (nSPS) is 15.8. The number of rotatable bonds is 7. The van der Waals surface area contributed by atoms with E-state index >= 15 is 0 Å². The molecule has 4 rings (SSSR count). The lowest BCUT2D eigenvalue weighted by molar-refractivity contribution is 0.0778. The molecule has 7 nitrogen and oxygen atoms in total. The predicted octanol–water partition coefficient (Wildman–Crippen LogP) is 3.29. The van der Waals surface area contributed by atoms with E-state index in [-0.39, 0.29) is 11.9 Å². The average molecular weight is 437 g/mol. The number of carbonyl (C=O) groups is 1. The summed E-state index contributed by atoms with van der Waals surface area (Å²) in [4.78, 5) is 30.7. The van der Waals surface area contributed by atoms with Gasteiger partial charge in [0.1, 0.15) is 17.3 Å². The Morgan fingerprint density at radius 3 is 2.68 bits per heavy atom. The van der Waals surface area contributed by atoms with Gasteiger partial charge in [0, 0.05) is 39.0 Å². The number of amides is 1. The molecule has 0 bridgehead atoms.